The van der Waals surface area contributed by atoms with Crippen LogP contribution in [0.15, 0.2) is 4.79 Å². The molecule has 0 aliphatic rings. The molecule has 1 radical (unpaired) electrons. The maximum Gasteiger partial charge on any atom is 0.343 e. The number of hydrogen-bond acceptors (Lipinski definition) is 3. The standard InChI is InChI=1S/C5H9N3O2.K/c1-2-3-10-5-6-4(9)7-8-5;/h2-3H2,1H3,(H2,6,7,8,9);. The monoisotopic (exact) mass is 182 g/mol. The Bertz CT molecular complexity index is 244. The predicted octanol–water partition coefficient (Wildman–Crippen LogP) is -0.494. The van der Waals surface area contributed by atoms with Crippen LogP contribution >= 0.6 is 0 Å². The molecule has 0 fully saturated rings. The number of nitrogens with zero attached hydrogens (tertiary/aromatic N) is 1. The van der Waals surface area contributed by atoms with E-state index in [0.29, 0.717) is 6.61 Å². The summed E-state index contributed by atoms with van der Waals surface area (Å²) in [5.41, 5.74) is -0.342. The van der Waals surface area contributed by atoms with E-state index in [9.17, 15) is 4.79 Å². The van der Waals surface area contributed by atoms with Crippen LogP contribution < -0.4 is 10.4 Å². The summed E-state index contributed by atoms with van der Waals surface area (Å²) in [7, 11) is 0. The van der Waals surface area contributed by atoms with Crippen molar-refractivity contribution in [3.05, 3.63) is 10.5 Å². The van der Waals surface area contributed by atoms with Gasteiger partial charge in [0.05, 0.1) is 6.61 Å². The van der Waals surface area contributed by atoms with Gasteiger partial charge in [-0.15, -0.1) is 5.10 Å². The van der Waals surface area contributed by atoms with Crippen molar-refractivity contribution in [1.29, 1.82) is 0 Å². The molecule has 0 bridgehead atoms. The Balaban J connectivity index is 0.000001000. The van der Waals surface area contributed by atoms with Gasteiger partial charge in [-0.25, -0.2) is 9.89 Å². The molecular weight excluding hydrogens is 173 g/mol. The smallest absolute Gasteiger partial charge is 0.343 e. The van der Waals surface area contributed by atoms with Crippen molar-refractivity contribution >= 4 is 51.4 Å². The number of nitrogens with one attached hydrogen (secondary N) is 2. The van der Waals surface area contributed by atoms with E-state index in [0.717, 1.165) is 6.42 Å². The molecule has 57 valence electrons. The van der Waals surface area contributed by atoms with E-state index in [-0.39, 0.29) is 63.1 Å². The summed E-state index contributed by atoms with van der Waals surface area (Å²) in [4.78, 5) is 12.8. The molecule has 0 amide bonds. The molecule has 6 heteroatoms. The van der Waals surface area contributed by atoms with E-state index in [1.807, 2.05) is 6.92 Å². The first-order valence-electron chi connectivity index (χ1n) is 3.10. The molecule has 0 saturated carbocycles. The maximum atomic E-state index is 10.4. The van der Waals surface area contributed by atoms with Gasteiger partial charge in [0.2, 0.25) is 0 Å². The molecule has 0 atom stereocenters. The molecule has 0 spiro atoms. The van der Waals surface area contributed by atoms with Crippen LogP contribution in [0.2, 0.25) is 0 Å². The number of aromatic amines is 2. The summed E-state index contributed by atoms with van der Waals surface area (Å²) in [6, 6.07) is 0.256. The van der Waals surface area contributed by atoms with Gasteiger partial charge >= 0.3 is 11.7 Å². The maximum absolute atomic E-state index is 10.4. The first-order chi connectivity index (χ1) is 4.83. The van der Waals surface area contributed by atoms with Gasteiger partial charge in [-0.05, 0) is 6.42 Å². The van der Waals surface area contributed by atoms with E-state index in [1.165, 1.54) is 0 Å². The number of aromatic nitrogens is 3. The van der Waals surface area contributed by atoms with E-state index >= 15 is 0 Å². The molecule has 11 heavy (non-hydrogen) atoms. The third-order valence-electron chi connectivity index (χ3n) is 0.922. The Kier molecular flexibility index (Phi) is 6.16. The van der Waals surface area contributed by atoms with Crippen LogP contribution in [0, 0.1) is 0 Å². The van der Waals surface area contributed by atoms with E-state index in [2.05, 4.69) is 15.2 Å². The van der Waals surface area contributed by atoms with E-state index in [4.69, 9.17) is 4.74 Å². The van der Waals surface area contributed by atoms with Crippen molar-refractivity contribution < 1.29 is 4.74 Å². The summed E-state index contributed by atoms with van der Waals surface area (Å²) in [5.74, 6) is 0. The van der Waals surface area contributed by atoms with Gasteiger partial charge in [0.1, 0.15) is 0 Å². The molecule has 0 aliphatic heterocycles. The zero-order valence-electron chi connectivity index (χ0n) is 6.68. The summed E-state index contributed by atoms with van der Waals surface area (Å²) in [5, 5.41) is 5.73. The van der Waals surface area contributed by atoms with Crippen molar-refractivity contribution in [3.8, 4) is 6.01 Å². The predicted molar refractivity (Wildman–Crippen MR) is 40.7 cm³/mol. The third kappa shape index (κ3) is 4.07. The van der Waals surface area contributed by atoms with Crippen LogP contribution in [0.1, 0.15) is 13.3 Å². The molecule has 0 saturated heterocycles. The second-order valence-corrected chi connectivity index (χ2v) is 1.83. The van der Waals surface area contributed by atoms with Crippen molar-refractivity contribution in [3.63, 3.8) is 0 Å². The molecule has 0 aliphatic carbocycles. The summed E-state index contributed by atoms with van der Waals surface area (Å²) in [6.07, 6.45) is 0.898. The molecule has 1 rings (SSSR count). The largest absolute Gasteiger partial charge is 0.464 e. The fraction of sp³-hybridized carbons (Fsp3) is 0.600. The molecular formula is C5H9KN3O2. The van der Waals surface area contributed by atoms with Crippen molar-refractivity contribution in [2.75, 3.05) is 6.61 Å². The minimum absolute atomic E-state index is 0. The topological polar surface area (TPSA) is 70.8 Å². The Morgan fingerprint density at radius 1 is 1.64 bits per heavy atom. The number of rotatable bonds is 3. The first-order valence-corrected chi connectivity index (χ1v) is 3.10. The molecule has 0 unspecified atom stereocenters. The molecule has 1 aromatic heterocycles. The molecule has 2 N–H and O–H groups in total. The number of ether oxygens (including phenoxy) is 1. The third-order valence-corrected chi connectivity index (χ3v) is 0.922. The van der Waals surface area contributed by atoms with Gasteiger partial charge in [-0.2, -0.15) is 0 Å². The fourth-order valence-electron chi connectivity index (χ4n) is 0.522. The molecule has 5 nitrogen and oxygen atoms in total. The minimum atomic E-state index is -0.342. The van der Waals surface area contributed by atoms with Gasteiger partial charge in [-0.3, -0.25) is 4.98 Å². The van der Waals surface area contributed by atoms with Crippen LogP contribution in [0.3, 0.4) is 0 Å². The number of H-pyrrole nitrogens is 2. The van der Waals surface area contributed by atoms with Crippen molar-refractivity contribution in [2.24, 2.45) is 0 Å². The van der Waals surface area contributed by atoms with Crippen LogP contribution in [0.4, 0.5) is 0 Å². The molecule has 0 aromatic carbocycles. The summed E-state index contributed by atoms with van der Waals surface area (Å²) < 4.78 is 4.98. The van der Waals surface area contributed by atoms with E-state index < -0.39 is 0 Å². The van der Waals surface area contributed by atoms with E-state index in [1.54, 1.807) is 0 Å². The van der Waals surface area contributed by atoms with Gasteiger partial charge in [0.15, 0.2) is 0 Å². The normalized spacial score (nSPS) is 8.82. The quantitative estimate of drug-likeness (QED) is 0.619. The fourth-order valence-corrected chi connectivity index (χ4v) is 0.522. The van der Waals surface area contributed by atoms with Crippen LogP contribution in [-0.4, -0.2) is 73.2 Å². The zero-order valence-corrected chi connectivity index (χ0v) is 9.80. The van der Waals surface area contributed by atoms with Gasteiger partial charge in [-0.1, -0.05) is 6.92 Å². The average Bonchev–Trinajstić information content (AvgIpc) is 2.31. The molecule has 1 heterocycles. The summed E-state index contributed by atoms with van der Waals surface area (Å²) in [6.45, 7) is 2.55. The Morgan fingerprint density at radius 3 is 2.82 bits per heavy atom. The second-order valence-electron chi connectivity index (χ2n) is 1.83. The SMILES string of the molecule is CCCOc1n[nH]c(=O)[nH]1.[K]. The van der Waals surface area contributed by atoms with Gasteiger partial charge in [0, 0.05) is 51.4 Å². The van der Waals surface area contributed by atoms with Crippen LogP contribution in [0.25, 0.3) is 0 Å². The Labute approximate surface area is 106 Å². The Morgan fingerprint density at radius 2 is 2.36 bits per heavy atom. The van der Waals surface area contributed by atoms with Crippen LogP contribution in [0.5, 0.6) is 6.01 Å². The van der Waals surface area contributed by atoms with Gasteiger partial charge in [0.25, 0.3) is 0 Å². The first kappa shape index (κ1) is 11.4. The van der Waals surface area contributed by atoms with Crippen LogP contribution in [-0.2, 0) is 0 Å². The molecule has 1 aromatic rings. The van der Waals surface area contributed by atoms with Crippen molar-refractivity contribution in [2.45, 2.75) is 13.3 Å². The zero-order chi connectivity index (χ0) is 7.40. The summed E-state index contributed by atoms with van der Waals surface area (Å²) >= 11 is 0. The second kappa shape index (κ2) is 5.96. The van der Waals surface area contributed by atoms with Crippen molar-refractivity contribution in [1.82, 2.24) is 15.2 Å². The average molecular weight is 182 g/mol. The van der Waals surface area contributed by atoms with Gasteiger partial charge < -0.3 is 4.74 Å². The number of hydrogen-bond donors (Lipinski definition) is 2. The minimum Gasteiger partial charge on any atom is -0.464 e. The Hall–Kier alpha value is 0.376.